The fourth-order valence-electron chi connectivity index (χ4n) is 4.72. The smallest absolute Gasteiger partial charge is 0.230 e. The summed E-state index contributed by atoms with van der Waals surface area (Å²) < 4.78 is 6.17. The van der Waals surface area contributed by atoms with Gasteiger partial charge in [0.15, 0.2) is 0 Å². The number of amides is 2. The molecule has 142 valence electrons. The normalized spacial score (nSPS) is 29.9. The second-order valence-corrected chi connectivity index (χ2v) is 7.78. The van der Waals surface area contributed by atoms with Crippen LogP contribution in [-0.4, -0.2) is 35.0 Å². The molecule has 2 saturated heterocycles. The van der Waals surface area contributed by atoms with Crippen LogP contribution in [0.15, 0.2) is 72.8 Å². The van der Waals surface area contributed by atoms with E-state index in [4.69, 9.17) is 4.74 Å². The molecule has 2 aromatic carbocycles. The number of likely N-dealkylation sites (tertiary alicyclic amines) is 1. The Morgan fingerprint density at radius 2 is 1.75 bits per heavy atom. The number of fused-ring (bicyclic) bond motifs is 1. The van der Waals surface area contributed by atoms with Crippen LogP contribution in [-0.2, 0) is 27.4 Å². The summed E-state index contributed by atoms with van der Waals surface area (Å²) in [5, 5.41) is 3.00. The van der Waals surface area contributed by atoms with Crippen LogP contribution in [0.25, 0.3) is 0 Å². The van der Waals surface area contributed by atoms with Crippen molar-refractivity contribution in [1.82, 2.24) is 10.2 Å². The average Bonchev–Trinajstić information content (AvgIpc) is 3.36. The van der Waals surface area contributed by atoms with E-state index in [9.17, 15) is 9.59 Å². The Balaban J connectivity index is 1.33. The molecule has 0 aromatic heterocycles. The summed E-state index contributed by atoms with van der Waals surface area (Å²) in [6.45, 7) is 1.49. The van der Waals surface area contributed by atoms with Crippen molar-refractivity contribution < 1.29 is 14.3 Å². The summed E-state index contributed by atoms with van der Waals surface area (Å²) in [4.78, 5) is 28.0. The fraction of sp³-hybridized carbons (Fsp3) is 0.304. The maximum atomic E-state index is 13.2. The Labute approximate surface area is 164 Å². The van der Waals surface area contributed by atoms with Gasteiger partial charge in [0.1, 0.15) is 5.60 Å². The SMILES string of the molecule is O=C(NCc1ccccc1)C1C2C=CC3(CN(Cc4ccccc4)C(=O)C13)O2. The number of nitrogens with zero attached hydrogens (tertiary/aromatic N) is 1. The molecule has 1 N–H and O–H groups in total. The van der Waals surface area contributed by atoms with Gasteiger partial charge < -0.3 is 15.0 Å². The molecule has 3 aliphatic rings. The second-order valence-electron chi connectivity index (χ2n) is 7.78. The van der Waals surface area contributed by atoms with Gasteiger partial charge in [-0.3, -0.25) is 9.59 Å². The van der Waals surface area contributed by atoms with Crippen LogP contribution in [0.5, 0.6) is 0 Å². The van der Waals surface area contributed by atoms with Crippen molar-refractivity contribution in [3.05, 3.63) is 83.9 Å². The lowest BCUT2D eigenvalue weighted by molar-refractivity contribution is -0.137. The van der Waals surface area contributed by atoms with E-state index in [1.54, 1.807) is 0 Å². The first-order chi connectivity index (χ1) is 13.7. The van der Waals surface area contributed by atoms with E-state index in [1.807, 2.05) is 77.7 Å². The molecule has 28 heavy (non-hydrogen) atoms. The van der Waals surface area contributed by atoms with E-state index in [-0.39, 0.29) is 17.9 Å². The number of hydrogen-bond donors (Lipinski definition) is 1. The summed E-state index contributed by atoms with van der Waals surface area (Å²) >= 11 is 0. The minimum absolute atomic E-state index is 0.00978. The highest BCUT2D eigenvalue weighted by atomic mass is 16.5. The topological polar surface area (TPSA) is 58.6 Å². The predicted molar refractivity (Wildman–Crippen MR) is 104 cm³/mol. The minimum Gasteiger partial charge on any atom is -0.360 e. The first-order valence-corrected chi connectivity index (χ1v) is 9.68. The molecule has 2 aromatic rings. The van der Waals surface area contributed by atoms with E-state index < -0.39 is 17.4 Å². The van der Waals surface area contributed by atoms with Crippen LogP contribution in [0, 0.1) is 11.8 Å². The largest absolute Gasteiger partial charge is 0.360 e. The van der Waals surface area contributed by atoms with Crippen LogP contribution in [0.2, 0.25) is 0 Å². The molecule has 0 radical (unpaired) electrons. The average molecular weight is 374 g/mol. The number of hydrogen-bond acceptors (Lipinski definition) is 3. The Morgan fingerprint density at radius 1 is 1.07 bits per heavy atom. The van der Waals surface area contributed by atoms with E-state index in [0.717, 1.165) is 11.1 Å². The van der Waals surface area contributed by atoms with Gasteiger partial charge in [0, 0.05) is 13.1 Å². The molecule has 3 aliphatic heterocycles. The zero-order valence-electron chi connectivity index (χ0n) is 15.5. The molecule has 2 bridgehead atoms. The number of carbonyl (C=O) groups excluding carboxylic acids is 2. The highest BCUT2D eigenvalue weighted by Crippen LogP contribution is 2.52. The summed E-state index contributed by atoms with van der Waals surface area (Å²) in [6.07, 6.45) is 3.62. The van der Waals surface area contributed by atoms with Gasteiger partial charge in [-0.15, -0.1) is 0 Å². The minimum atomic E-state index is -0.661. The summed E-state index contributed by atoms with van der Waals surface area (Å²) in [7, 11) is 0. The summed E-state index contributed by atoms with van der Waals surface area (Å²) in [5.41, 5.74) is 1.45. The summed E-state index contributed by atoms with van der Waals surface area (Å²) in [6, 6.07) is 19.7. The number of rotatable bonds is 5. The molecule has 2 amide bonds. The maximum absolute atomic E-state index is 13.2. The standard InChI is InChI=1S/C23H22N2O3/c26-21(24-13-16-7-3-1-4-8-16)19-18-11-12-23(28-18)15-25(22(27)20(19)23)14-17-9-5-2-6-10-17/h1-12,18-20H,13-15H2,(H,24,26). The van der Waals surface area contributed by atoms with Crippen molar-refractivity contribution in [3.8, 4) is 0 Å². The first-order valence-electron chi connectivity index (χ1n) is 9.68. The van der Waals surface area contributed by atoms with E-state index in [1.165, 1.54) is 0 Å². The van der Waals surface area contributed by atoms with E-state index >= 15 is 0 Å². The number of benzene rings is 2. The molecule has 5 rings (SSSR count). The van der Waals surface area contributed by atoms with Crippen LogP contribution >= 0.6 is 0 Å². The molecule has 5 heteroatoms. The zero-order chi connectivity index (χ0) is 19.1. The van der Waals surface area contributed by atoms with Crippen molar-refractivity contribution >= 4 is 11.8 Å². The van der Waals surface area contributed by atoms with E-state index in [2.05, 4.69) is 5.32 Å². The van der Waals surface area contributed by atoms with Crippen molar-refractivity contribution in [2.75, 3.05) is 6.54 Å². The molecule has 1 spiro atoms. The fourth-order valence-corrected chi connectivity index (χ4v) is 4.72. The number of ether oxygens (including phenoxy) is 1. The van der Waals surface area contributed by atoms with Crippen molar-refractivity contribution in [3.63, 3.8) is 0 Å². The molecule has 3 heterocycles. The Morgan fingerprint density at radius 3 is 2.46 bits per heavy atom. The van der Waals surface area contributed by atoms with Crippen molar-refractivity contribution in [2.45, 2.75) is 24.8 Å². The van der Waals surface area contributed by atoms with Gasteiger partial charge in [0.05, 0.1) is 24.5 Å². The summed E-state index contributed by atoms with van der Waals surface area (Å²) in [5.74, 6) is -1.01. The Hall–Kier alpha value is -2.92. The third-order valence-electron chi connectivity index (χ3n) is 6.01. The molecular weight excluding hydrogens is 352 g/mol. The van der Waals surface area contributed by atoms with Gasteiger partial charge in [-0.25, -0.2) is 0 Å². The molecule has 5 nitrogen and oxygen atoms in total. The third kappa shape index (κ3) is 2.74. The van der Waals surface area contributed by atoms with Crippen LogP contribution < -0.4 is 5.32 Å². The highest BCUT2D eigenvalue weighted by molar-refractivity contribution is 5.93. The van der Waals surface area contributed by atoms with Gasteiger partial charge in [-0.1, -0.05) is 72.8 Å². The Kier molecular flexibility index (Phi) is 4.05. The third-order valence-corrected chi connectivity index (χ3v) is 6.01. The lowest BCUT2D eigenvalue weighted by atomic mass is 9.77. The molecule has 4 atom stereocenters. The van der Waals surface area contributed by atoms with Gasteiger partial charge in [-0.05, 0) is 11.1 Å². The van der Waals surface area contributed by atoms with Gasteiger partial charge in [0.25, 0.3) is 0 Å². The molecule has 0 aliphatic carbocycles. The van der Waals surface area contributed by atoms with Crippen molar-refractivity contribution in [1.29, 1.82) is 0 Å². The lowest BCUT2D eigenvalue weighted by Crippen LogP contribution is -2.43. The van der Waals surface area contributed by atoms with Gasteiger partial charge in [-0.2, -0.15) is 0 Å². The van der Waals surface area contributed by atoms with Crippen LogP contribution in [0.3, 0.4) is 0 Å². The highest BCUT2D eigenvalue weighted by Gasteiger charge is 2.66. The monoisotopic (exact) mass is 374 g/mol. The molecule has 4 unspecified atom stereocenters. The first kappa shape index (κ1) is 17.2. The quantitative estimate of drug-likeness (QED) is 0.817. The number of carbonyl (C=O) groups is 2. The predicted octanol–water partition coefficient (Wildman–Crippen LogP) is 2.29. The van der Waals surface area contributed by atoms with E-state index in [0.29, 0.717) is 19.6 Å². The van der Waals surface area contributed by atoms with Gasteiger partial charge >= 0.3 is 0 Å². The Bertz CT molecular complexity index is 927. The second kappa shape index (κ2) is 6.60. The lowest BCUT2D eigenvalue weighted by Gasteiger charge is -2.23. The maximum Gasteiger partial charge on any atom is 0.230 e. The number of nitrogens with one attached hydrogen (secondary N) is 1. The van der Waals surface area contributed by atoms with Crippen molar-refractivity contribution in [2.24, 2.45) is 11.8 Å². The molecule has 0 saturated carbocycles. The molecule has 2 fully saturated rings. The van der Waals surface area contributed by atoms with Crippen LogP contribution in [0.4, 0.5) is 0 Å². The molecular formula is C23H22N2O3. The zero-order valence-corrected chi connectivity index (χ0v) is 15.5. The van der Waals surface area contributed by atoms with Gasteiger partial charge in [0.2, 0.25) is 11.8 Å². The van der Waals surface area contributed by atoms with Crippen LogP contribution in [0.1, 0.15) is 11.1 Å².